The van der Waals surface area contributed by atoms with Crippen LogP contribution in [-0.2, 0) is 0 Å². The van der Waals surface area contributed by atoms with E-state index in [1.165, 1.54) is 23.0 Å². The number of fused-ring (bicyclic) bond motifs is 1. The molecule has 0 aliphatic carbocycles. The van der Waals surface area contributed by atoms with Gasteiger partial charge in [-0.25, -0.2) is 9.37 Å². The van der Waals surface area contributed by atoms with Gasteiger partial charge in [0.1, 0.15) is 23.1 Å². The maximum atomic E-state index is 13.6. The molecular weight excluding hydrogens is 481 g/mol. The second-order valence-electron chi connectivity index (χ2n) is 9.32. The Bertz CT molecular complexity index is 1700. The van der Waals surface area contributed by atoms with Crippen LogP contribution in [0.1, 0.15) is 43.6 Å². The Kier molecular flexibility index (Phi) is 6.92. The first-order valence-corrected chi connectivity index (χ1v) is 12.6. The van der Waals surface area contributed by atoms with Crippen LogP contribution in [0, 0.1) is 12.7 Å². The monoisotopic (exact) mass is 509 g/mol. The topological polar surface area (TPSA) is 69.6 Å². The van der Waals surface area contributed by atoms with Crippen LogP contribution in [0.15, 0.2) is 87.1 Å². The predicted octanol–water partition coefficient (Wildman–Crippen LogP) is 7.18. The van der Waals surface area contributed by atoms with E-state index in [2.05, 4.69) is 18.9 Å². The number of aryl methyl sites for hydroxylation is 1. The first-order chi connectivity index (χ1) is 18.4. The highest BCUT2D eigenvalue weighted by molar-refractivity contribution is 5.82. The molecule has 0 spiro atoms. The van der Waals surface area contributed by atoms with Crippen LogP contribution in [-0.4, -0.2) is 22.5 Å². The summed E-state index contributed by atoms with van der Waals surface area (Å²) in [6, 6.07) is 20.8. The van der Waals surface area contributed by atoms with Crippen molar-refractivity contribution in [1.82, 2.24) is 9.66 Å². The lowest BCUT2D eigenvalue weighted by atomic mass is 9.96. The van der Waals surface area contributed by atoms with Gasteiger partial charge in [0.25, 0.3) is 5.56 Å². The zero-order valence-electron chi connectivity index (χ0n) is 21.7. The molecule has 192 valence electrons. The van der Waals surface area contributed by atoms with Crippen molar-refractivity contribution in [3.63, 3.8) is 0 Å². The number of para-hydroxylation sites is 1. The molecule has 0 N–H and O–H groups in total. The van der Waals surface area contributed by atoms with E-state index in [0.29, 0.717) is 34.9 Å². The highest BCUT2D eigenvalue weighted by Gasteiger charge is 2.18. The summed E-state index contributed by atoms with van der Waals surface area (Å²) in [5, 5.41) is 4.99. The van der Waals surface area contributed by atoms with E-state index in [1.54, 1.807) is 36.4 Å². The van der Waals surface area contributed by atoms with Crippen LogP contribution in [0.2, 0.25) is 0 Å². The summed E-state index contributed by atoms with van der Waals surface area (Å²) in [4.78, 5) is 18.5. The normalized spacial score (nSPS) is 11.6. The van der Waals surface area contributed by atoms with Crippen molar-refractivity contribution in [1.29, 1.82) is 0 Å². The minimum atomic E-state index is -0.317. The quantitative estimate of drug-likeness (QED) is 0.218. The summed E-state index contributed by atoms with van der Waals surface area (Å²) < 4.78 is 26.4. The summed E-state index contributed by atoms with van der Waals surface area (Å²) in [5.74, 6) is 2.15. The lowest BCUT2D eigenvalue weighted by molar-refractivity contribution is 0.335. The summed E-state index contributed by atoms with van der Waals surface area (Å²) in [6.07, 6.45) is 1.49. The molecule has 6 nitrogen and oxygen atoms in total. The Balaban J connectivity index is 1.64. The molecule has 0 unspecified atom stereocenters. The Morgan fingerprint density at radius 2 is 1.84 bits per heavy atom. The highest BCUT2D eigenvalue weighted by atomic mass is 19.1. The maximum absolute atomic E-state index is 13.6. The Morgan fingerprint density at radius 1 is 1.08 bits per heavy atom. The van der Waals surface area contributed by atoms with Gasteiger partial charge in [-0.15, -0.1) is 0 Å². The first kappa shape index (κ1) is 25.1. The van der Waals surface area contributed by atoms with Crippen molar-refractivity contribution in [2.45, 2.75) is 33.6 Å². The number of benzene rings is 3. The van der Waals surface area contributed by atoms with Crippen LogP contribution in [0.5, 0.6) is 5.75 Å². The standard InChI is InChI=1S/C31H28FN3O3/c1-5-37-29-16-20(4)26(17-25(29)19(2)3)30-34-27-9-7-6-8-24(27)31(36)35(30)33-18-23-14-15-28(38-23)21-10-12-22(32)13-11-21/h6-19H,5H2,1-4H3. The number of halogens is 1. The molecule has 0 amide bonds. The first-order valence-electron chi connectivity index (χ1n) is 12.6. The number of rotatable bonds is 7. The van der Waals surface area contributed by atoms with E-state index in [-0.39, 0.29) is 17.3 Å². The van der Waals surface area contributed by atoms with Gasteiger partial charge in [-0.2, -0.15) is 9.78 Å². The summed E-state index contributed by atoms with van der Waals surface area (Å²) in [6.45, 7) is 8.70. The molecule has 7 heteroatoms. The predicted molar refractivity (Wildman–Crippen MR) is 149 cm³/mol. The second kappa shape index (κ2) is 10.5. The van der Waals surface area contributed by atoms with Gasteiger partial charge in [-0.05, 0) is 91.6 Å². The van der Waals surface area contributed by atoms with Crippen molar-refractivity contribution in [3.05, 3.63) is 106 Å². The molecule has 0 aliphatic rings. The Hall–Kier alpha value is -4.52. The minimum Gasteiger partial charge on any atom is -0.494 e. The van der Waals surface area contributed by atoms with Crippen molar-refractivity contribution < 1.29 is 13.5 Å². The number of furan rings is 1. The second-order valence-corrected chi connectivity index (χ2v) is 9.32. The highest BCUT2D eigenvalue weighted by Crippen LogP contribution is 2.34. The van der Waals surface area contributed by atoms with Gasteiger partial charge >= 0.3 is 0 Å². The molecule has 5 aromatic rings. The molecule has 2 aromatic heterocycles. The number of ether oxygens (including phenoxy) is 1. The smallest absolute Gasteiger partial charge is 0.282 e. The summed E-state index contributed by atoms with van der Waals surface area (Å²) in [7, 11) is 0. The van der Waals surface area contributed by atoms with Gasteiger partial charge in [-0.3, -0.25) is 4.79 Å². The van der Waals surface area contributed by atoms with Crippen molar-refractivity contribution in [2.24, 2.45) is 5.10 Å². The molecule has 0 radical (unpaired) electrons. The molecule has 0 fully saturated rings. The minimum absolute atomic E-state index is 0.202. The number of hydrogen-bond acceptors (Lipinski definition) is 5. The summed E-state index contributed by atoms with van der Waals surface area (Å²) >= 11 is 0. The molecule has 0 saturated heterocycles. The number of nitrogens with zero attached hydrogens (tertiary/aromatic N) is 3. The lowest BCUT2D eigenvalue weighted by Gasteiger charge is -2.18. The van der Waals surface area contributed by atoms with Crippen molar-refractivity contribution in [3.8, 4) is 28.5 Å². The van der Waals surface area contributed by atoms with Gasteiger partial charge in [0.05, 0.1) is 23.7 Å². The van der Waals surface area contributed by atoms with Gasteiger partial charge in [-0.1, -0.05) is 26.0 Å². The Morgan fingerprint density at radius 3 is 2.58 bits per heavy atom. The number of aromatic nitrogens is 2. The average molecular weight is 510 g/mol. The molecule has 0 bridgehead atoms. The molecule has 5 rings (SSSR count). The lowest BCUT2D eigenvalue weighted by Crippen LogP contribution is -2.20. The molecule has 2 heterocycles. The zero-order chi connectivity index (χ0) is 26.8. The fourth-order valence-corrected chi connectivity index (χ4v) is 4.38. The van der Waals surface area contributed by atoms with Crippen LogP contribution >= 0.6 is 0 Å². The fraction of sp³-hybridized carbons (Fsp3) is 0.194. The molecule has 38 heavy (non-hydrogen) atoms. The van der Waals surface area contributed by atoms with Crippen LogP contribution < -0.4 is 10.3 Å². The van der Waals surface area contributed by atoms with Gasteiger partial charge < -0.3 is 9.15 Å². The molecule has 0 atom stereocenters. The van der Waals surface area contributed by atoms with E-state index < -0.39 is 0 Å². The van der Waals surface area contributed by atoms with Crippen molar-refractivity contribution in [2.75, 3.05) is 6.61 Å². The van der Waals surface area contributed by atoms with Crippen LogP contribution in [0.4, 0.5) is 4.39 Å². The molecular formula is C31H28FN3O3. The van der Waals surface area contributed by atoms with E-state index in [1.807, 2.05) is 38.1 Å². The van der Waals surface area contributed by atoms with Gasteiger partial charge in [0, 0.05) is 11.1 Å². The number of hydrogen-bond donors (Lipinski definition) is 0. The SMILES string of the molecule is CCOc1cc(C)c(-c2nc3ccccc3c(=O)n2N=Cc2ccc(-c3ccc(F)cc3)o2)cc1C(C)C. The van der Waals surface area contributed by atoms with E-state index >= 15 is 0 Å². The maximum Gasteiger partial charge on any atom is 0.282 e. The molecule has 0 aliphatic heterocycles. The molecule has 0 saturated carbocycles. The van der Waals surface area contributed by atoms with E-state index in [4.69, 9.17) is 14.1 Å². The van der Waals surface area contributed by atoms with Crippen LogP contribution in [0.3, 0.4) is 0 Å². The third-order valence-corrected chi connectivity index (χ3v) is 6.33. The molecule has 3 aromatic carbocycles. The van der Waals surface area contributed by atoms with E-state index in [0.717, 1.165) is 28.0 Å². The van der Waals surface area contributed by atoms with Crippen molar-refractivity contribution >= 4 is 17.1 Å². The third kappa shape index (κ3) is 4.87. The van der Waals surface area contributed by atoms with Crippen LogP contribution in [0.25, 0.3) is 33.6 Å². The Labute approximate surface area is 220 Å². The summed E-state index contributed by atoms with van der Waals surface area (Å²) in [5.41, 5.74) is 3.79. The van der Waals surface area contributed by atoms with Gasteiger partial charge in [0.2, 0.25) is 0 Å². The average Bonchev–Trinajstić information content (AvgIpc) is 3.38. The third-order valence-electron chi connectivity index (χ3n) is 6.33. The van der Waals surface area contributed by atoms with E-state index in [9.17, 15) is 9.18 Å². The van der Waals surface area contributed by atoms with Gasteiger partial charge in [0.15, 0.2) is 5.82 Å². The largest absolute Gasteiger partial charge is 0.494 e. The fourth-order valence-electron chi connectivity index (χ4n) is 4.38. The zero-order valence-corrected chi connectivity index (χ0v) is 21.7.